The molecule has 13 rings (SSSR count). The molecule has 2 nitrogen and oxygen atoms in total. The first kappa shape index (κ1) is 38.1. The normalized spacial score (nSPS) is 21.4. The summed E-state index contributed by atoms with van der Waals surface area (Å²) >= 11 is 0. The lowest BCUT2D eigenvalue weighted by atomic mass is 9.48. The van der Waals surface area contributed by atoms with Crippen LogP contribution in [0.4, 0.5) is 34.1 Å². The van der Waals surface area contributed by atoms with Crippen LogP contribution in [0.15, 0.2) is 200 Å². The van der Waals surface area contributed by atoms with E-state index in [0.29, 0.717) is 5.41 Å². The van der Waals surface area contributed by atoms with Gasteiger partial charge in [-0.1, -0.05) is 153 Å². The second kappa shape index (κ2) is 15.0. The molecule has 8 aromatic carbocycles. The molecule has 1 aliphatic heterocycles. The summed E-state index contributed by atoms with van der Waals surface area (Å²) < 4.78 is 0. The monoisotopic (exact) mass is 814 g/mol. The molecule has 63 heavy (non-hydrogen) atoms. The minimum atomic E-state index is -0.0786. The maximum Gasteiger partial charge on any atom is 0.0502 e. The zero-order chi connectivity index (χ0) is 42.1. The van der Waals surface area contributed by atoms with Gasteiger partial charge in [0.15, 0.2) is 0 Å². The van der Waals surface area contributed by atoms with E-state index in [9.17, 15) is 0 Å². The average Bonchev–Trinajstić information content (AvgIpc) is 3.33. The molecule has 0 radical (unpaired) electrons. The van der Waals surface area contributed by atoms with Crippen LogP contribution >= 0.6 is 0 Å². The van der Waals surface area contributed by atoms with E-state index in [1.54, 1.807) is 5.56 Å². The molecule has 0 N–H and O–H groups in total. The number of benzene rings is 8. The number of hydrogen-bond donors (Lipinski definition) is 0. The van der Waals surface area contributed by atoms with Crippen LogP contribution in [0, 0.1) is 17.8 Å². The van der Waals surface area contributed by atoms with Gasteiger partial charge in [-0.15, -0.1) is 0 Å². The Kier molecular flexibility index (Phi) is 9.08. The van der Waals surface area contributed by atoms with Gasteiger partial charge in [0.25, 0.3) is 0 Å². The number of para-hydroxylation sites is 2. The van der Waals surface area contributed by atoms with Crippen molar-refractivity contribution >= 4 is 34.1 Å². The van der Waals surface area contributed by atoms with Gasteiger partial charge in [0, 0.05) is 28.2 Å². The van der Waals surface area contributed by atoms with Crippen molar-refractivity contribution in [2.75, 3.05) is 9.80 Å². The van der Waals surface area contributed by atoms with Crippen molar-refractivity contribution in [1.29, 1.82) is 0 Å². The van der Waals surface area contributed by atoms with Crippen LogP contribution in [-0.4, -0.2) is 0 Å². The van der Waals surface area contributed by atoms with E-state index in [2.05, 4.69) is 224 Å². The number of hydrogen-bond acceptors (Lipinski definition) is 2. The van der Waals surface area contributed by atoms with Gasteiger partial charge >= 0.3 is 0 Å². The number of nitrogens with zero attached hydrogens (tertiary/aromatic N) is 2. The Bertz CT molecular complexity index is 2820. The molecule has 5 aliphatic rings. The summed E-state index contributed by atoms with van der Waals surface area (Å²) in [5, 5.41) is 0. The van der Waals surface area contributed by atoms with Gasteiger partial charge in [-0.3, -0.25) is 0 Å². The maximum absolute atomic E-state index is 2.47. The fraction of sp³-hybridized carbons (Fsp3) is 0.213. The Morgan fingerprint density at radius 1 is 0.381 bits per heavy atom. The predicted molar refractivity (Wildman–Crippen MR) is 264 cm³/mol. The quantitative estimate of drug-likeness (QED) is 0.151. The van der Waals surface area contributed by atoms with Crippen molar-refractivity contribution in [1.82, 2.24) is 0 Å². The molecule has 2 heteroatoms. The minimum absolute atomic E-state index is 0.0786. The van der Waals surface area contributed by atoms with Crippen molar-refractivity contribution < 1.29 is 0 Å². The smallest absolute Gasteiger partial charge is 0.0502 e. The Balaban J connectivity index is 0.840. The van der Waals surface area contributed by atoms with Crippen molar-refractivity contribution in [2.24, 2.45) is 17.8 Å². The first-order chi connectivity index (χ1) is 30.9. The highest BCUT2D eigenvalue weighted by molar-refractivity contribution is 5.87. The first-order valence-electron chi connectivity index (χ1n) is 23.2. The molecule has 308 valence electrons. The molecular formula is C61H54N2. The first-order valence-corrected chi connectivity index (χ1v) is 23.2. The zero-order valence-electron chi connectivity index (χ0n) is 36.4. The highest BCUT2D eigenvalue weighted by atomic mass is 15.2. The van der Waals surface area contributed by atoms with Gasteiger partial charge in [-0.2, -0.15) is 0 Å². The topological polar surface area (TPSA) is 6.48 Å². The predicted octanol–water partition coefficient (Wildman–Crippen LogP) is 16.7. The van der Waals surface area contributed by atoms with Crippen molar-refractivity contribution in [3.63, 3.8) is 0 Å². The van der Waals surface area contributed by atoms with Gasteiger partial charge in [0.05, 0.1) is 11.4 Å². The molecule has 4 bridgehead atoms. The fourth-order valence-electron chi connectivity index (χ4n) is 12.7. The van der Waals surface area contributed by atoms with E-state index >= 15 is 0 Å². The summed E-state index contributed by atoms with van der Waals surface area (Å²) in [6.07, 6.45) is 8.68. The lowest BCUT2D eigenvalue weighted by Gasteiger charge is -2.57. The van der Waals surface area contributed by atoms with Crippen LogP contribution in [-0.2, 0) is 10.8 Å². The lowest BCUT2D eigenvalue weighted by molar-refractivity contribution is -0.00518. The third-order valence-corrected chi connectivity index (χ3v) is 15.4. The van der Waals surface area contributed by atoms with Gasteiger partial charge in [-0.05, 0) is 172 Å². The molecule has 0 unspecified atom stereocenters. The molecule has 4 fully saturated rings. The molecule has 4 saturated carbocycles. The second-order valence-electron chi connectivity index (χ2n) is 19.7. The van der Waals surface area contributed by atoms with Crippen LogP contribution in [0.3, 0.4) is 0 Å². The summed E-state index contributed by atoms with van der Waals surface area (Å²) in [5.74, 6) is 2.87. The van der Waals surface area contributed by atoms with Crippen LogP contribution < -0.4 is 9.80 Å². The Hall–Kier alpha value is -6.64. The summed E-state index contributed by atoms with van der Waals surface area (Å²) in [6, 6.07) is 74.4. The van der Waals surface area contributed by atoms with Gasteiger partial charge in [0.1, 0.15) is 0 Å². The molecule has 0 amide bonds. The van der Waals surface area contributed by atoms with Crippen molar-refractivity contribution in [2.45, 2.75) is 63.2 Å². The van der Waals surface area contributed by atoms with E-state index in [1.165, 1.54) is 94.4 Å². The zero-order valence-corrected chi connectivity index (χ0v) is 36.4. The standard InChI is InChI=1S/C61H54N2/c1-60(2)56-12-6-8-14-58(56)63(59-15-9-7-13-57(59)60)55-34-24-50(25-35-55)49-22-32-54(33-23-49)62(52-28-18-47(19-29-52)45-10-4-3-5-11-45)53-30-20-48(21-31-53)46-16-26-51(27-17-46)61-39-42-36-43(40-61)38-44(37-42)41-61/h3-35,42-44H,36-41H2,1-2H3. The number of rotatable bonds is 8. The third kappa shape index (κ3) is 6.62. The summed E-state index contributed by atoms with van der Waals surface area (Å²) in [6.45, 7) is 4.68. The van der Waals surface area contributed by atoms with E-state index in [4.69, 9.17) is 0 Å². The summed E-state index contributed by atoms with van der Waals surface area (Å²) in [5.41, 5.74) is 19.1. The van der Waals surface area contributed by atoms with Crippen molar-refractivity contribution in [3.8, 4) is 33.4 Å². The van der Waals surface area contributed by atoms with Crippen LogP contribution in [0.5, 0.6) is 0 Å². The van der Waals surface area contributed by atoms with Crippen LogP contribution in [0.2, 0.25) is 0 Å². The molecule has 0 aromatic heterocycles. The molecule has 4 aliphatic carbocycles. The molecule has 8 aromatic rings. The van der Waals surface area contributed by atoms with E-state index in [-0.39, 0.29) is 5.41 Å². The number of anilines is 6. The average molecular weight is 815 g/mol. The Morgan fingerprint density at radius 3 is 1.16 bits per heavy atom. The third-order valence-electron chi connectivity index (χ3n) is 15.4. The molecule has 0 atom stereocenters. The molecule has 0 saturated heterocycles. The Morgan fingerprint density at radius 2 is 0.730 bits per heavy atom. The van der Waals surface area contributed by atoms with E-state index < -0.39 is 0 Å². The highest BCUT2D eigenvalue weighted by Crippen LogP contribution is 2.61. The van der Waals surface area contributed by atoms with Gasteiger partial charge < -0.3 is 9.80 Å². The molecule has 1 heterocycles. The summed E-state index contributed by atoms with van der Waals surface area (Å²) in [4.78, 5) is 4.81. The minimum Gasteiger partial charge on any atom is -0.311 e. The summed E-state index contributed by atoms with van der Waals surface area (Å²) in [7, 11) is 0. The fourth-order valence-corrected chi connectivity index (χ4v) is 12.7. The SMILES string of the molecule is CC1(C)c2ccccc2N(c2ccc(-c3ccc(N(c4ccc(-c5ccccc5)cc4)c4ccc(-c5ccc(C67CC8CC(CC(C8)C6)C7)cc5)cc4)cc3)cc2)c2ccccc21. The van der Waals surface area contributed by atoms with Crippen LogP contribution in [0.1, 0.15) is 69.1 Å². The largest absolute Gasteiger partial charge is 0.311 e. The molecule has 0 spiro atoms. The second-order valence-corrected chi connectivity index (χ2v) is 19.7. The van der Waals surface area contributed by atoms with Crippen molar-refractivity contribution in [3.05, 3.63) is 217 Å². The van der Waals surface area contributed by atoms with E-state index in [0.717, 1.165) is 40.5 Å². The number of fused-ring (bicyclic) bond motifs is 2. The van der Waals surface area contributed by atoms with Crippen LogP contribution in [0.25, 0.3) is 33.4 Å². The van der Waals surface area contributed by atoms with Gasteiger partial charge in [-0.25, -0.2) is 0 Å². The maximum atomic E-state index is 2.47. The lowest BCUT2D eigenvalue weighted by Crippen LogP contribution is -2.48. The van der Waals surface area contributed by atoms with E-state index in [1.807, 2.05) is 0 Å². The highest BCUT2D eigenvalue weighted by Gasteiger charge is 2.51. The molecular weight excluding hydrogens is 761 g/mol. The Labute approximate surface area is 373 Å². The van der Waals surface area contributed by atoms with Gasteiger partial charge in [0.2, 0.25) is 0 Å².